The molecule has 0 unspecified atom stereocenters. The summed E-state index contributed by atoms with van der Waals surface area (Å²) in [6, 6.07) is 8.38. The fourth-order valence-corrected chi connectivity index (χ4v) is 1.29. The van der Waals surface area contributed by atoms with Crippen LogP contribution >= 0.6 is 0 Å². The van der Waals surface area contributed by atoms with Gasteiger partial charge in [0, 0.05) is 29.6 Å². The van der Waals surface area contributed by atoms with E-state index in [-0.39, 0.29) is 35.8 Å². The van der Waals surface area contributed by atoms with Gasteiger partial charge in [-0.2, -0.15) is 8.42 Å². The number of aldehydes is 1. The first-order valence-corrected chi connectivity index (χ1v) is 5.17. The summed E-state index contributed by atoms with van der Waals surface area (Å²) in [5.74, 6) is 0. The minimum absolute atomic E-state index is 0. The second kappa shape index (κ2) is 6.19. The Balaban J connectivity index is 0.00000196. The zero-order valence-electron chi connectivity index (χ0n) is 8.12. The van der Waals surface area contributed by atoms with Crippen molar-refractivity contribution in [1.29, 1.82) is 0 Å². The molecule has 0 atom stereocenters. The van der Waals surface area contributed by atoms with E-state index in [0.29, 0.717) is 5.56 Å². The SMILES string of the molecule is O=CC(=Cc1ccccc1)S(=O)(=O)O.[Na]. The van der Waals surface area contributed by atoms with Gasteiger partial charge in [0.1, 0.15) is 4.91 Å². The van der Waals surface area contributed by atoms with Gasteiger partial charge in [-0.1, -0.05) is 30.3 Å². The normalized spacial score (nSPS) is 11.7. The Labute approximate surface area is 110 Å². The van der Waals surface area contributed by atoms with Crippen molar-refractivity contribution < 1.29 is 17.8 Å². The molecule has 0 bridgehead atoms. The number of hydrogen-bond acceptors (Lipinski definition) is 3. The van der Waals surface area contributed by atoms with Crippen LogP contribution in [0.5, 0.6) is 0 Å². The Hall–Kier alpha value is -0.460. The molecule has 0 aliphatic rings. The van der Waals surface area contributed by atoms with Crippen LogP contribution in [0.4, 0.5) is 0 Å². The largest absolute Gasteiger partial charge is 0.297 e. The number of rotatable bonds is 3. The summed E-state index contributed by atoms with van der Waals surface area (Å²) in [4.78, 5) is 9.70. The molecule has 0 heterocycles. The summed E-state index contributed by atoms with van der Waals surface area (Å²) in [7, 11) is -4.42. The molecule has 0 aromatic heterocycles. The fraction of sp³-hybridized carbons (Fsp3) is 0. The van der Waals surface area contributed by atoms with Crippen LogP contribution in [0, 0.1) is 0 Å². The van der Waals surface area contributed by atoms with Crippen LogP contribution in [-0.2, 0) is 14.9 Å². The average Bonchev–Trinajstić information content (AvgIpc) is 2.14. The van der Waals surface area contributed by atoms with Crippen molar-refractivity contribution in [3.8, 4) is 0 Å². The molecule has 0 aliphatic heterocycles. The summed E-state index contributed by atoms with van der Waals surface area (Å²) in [5.41, 5.74) is 0.534. The molecule has 15 heavy (non-hydrogen) atoms. The molecule has 4 nitrogen and oxygen atoms in total. The fourth-order valence-electron chi connectivity index (χ4n) is 0.883. The van der Waals surface area contributed by atoms with Gasteiger partial charge < -0.3 is 0 Å². The van der Waals surface area contributed by atoms with Crippen LogP contribution in [-0.4, -0.2) is 48.8 Å². The van der Waals surface area contributed by atoms with E-state index in [0.717, 1.165) is 6.08 Å². The second-order valence-corrected chi connectivity index (χ2v) is 3.97. The molecule has 0 aliphatic carbocycles. The van der Waals surface area contributed by atoms with Crippen LogP contribution in [0.1, 0.15) is 5.56 Å². The van der Waals surface area contributed by atoms with E-state index in [1.165, 1.54) is 0 Å². The summed E-state index contributed by atoms with van der Waals surface area (Å²) in [6.45, 7) is 0. The molecule has 0 saturated heterocycles. The van der Waals surface area contributed by atoms with Gasteiger partial charge in [0.2, 0.25) is 0 Å². The first-order chi connectivity index (χ1) is 6.54. The van der Waals surface area contributed by atoms with Gasteiger partial charge >= 0.3 is 0 Å². The summed E-state index contributed by atoms with van der Waals surface area (Å²) in [5, 5.41) is 0. The quantitative estimate of drug-likeness (QED) is 0.363. The minimum atomic E-state index is -4.42. The van der Waals surface area contributed by atoms with Crippen molar-refractivity contribution in [2.75, 3.05) is 0 Å². The Bertz CT molecular complexity index is 450. The minimum Gasteiger partial charge on any atom is -0.297 e. The van der Waals surface area contributed by atoms with E-state index in [9.17, 15) is 13.2 Å². The third-order valence-electron chi connectivity index (χ3n) is 1.52. The van der Waals surface area contributed by atoms with Gasteiger partial charge in [0.05, 0.1) is 0 Å². The second-order valence-electron chi connectivity index (χ2n) is 2.55. The molecule has 1 rings (SSSR count). The van der Waals surface area contributed by atoms with E-state index in [2.05, 4.69) is 0 Å². The number of hydrogen-bond donors (Lipinski definition) is 1. The van der Waals surface area contributed by atoms with E-state index in [1.54, 1.807) is 30.3 Å². The Morgan fingerprint density at radius 3 is 2.13 bits per heavy atom. The molecule has 1 N–H and O–H groups in total. The summed E-state index contributed by atoms with van der Waals surface area (Å²) < 4.78 is 29.9. The molecule has 0 amide bonds. The molecular weight excluding hydrogens is 227 g/mol. The van der Waals surface area contributed by atoms with Crippen LogP contribution in [0.25, 0.3) is 6.08 Å². The van der Waals surface area contributed by atoms with E-state index in [1.807, 2.05) is 0 Å². The van der Waals surface area contributed by atoms with E-state index >= 15 is 0 Å². The summed E-state index contributed by atoms with van der Waals surface area (Å²) >= 11 is 0. The summed E-state index contributed by atoms with van der Waals surface area (Å²) in [6.07, 6.45) is 1.20. The van der Waals surface area contributed by atoms with Gasteiger partial charge in [-0.15, -0.1) is 0 Å². The van der Waals surface area contributed by atoms with Crippen LogP contribution < -0.4 is 0 Å². The maximum Gasteiger partial charge on any atom is 0.297 e. The predicted molar refractivity (Wildman–Crippen MR) is 57.8 cm³/mol. The predicted octanol–water partition coefficient (Wildman–Crippen LogP) is 0.733. The van der Waals surface area contributed by atoms with Crippen molar-refractivity contribution in [1.82, 2.24) is 0 Å². The molecule has 1 aromatic carbocycles. The average molecular weight is 235 g/mol. The molecular formula is C9H8NaO4S. The van der Waals surface area contributed by atoms with Crippen molar-refractivity contribution in [3.05, 3.63) is 40.8 Å². The Morgan fingerprint density at radius 2 is 1.73 bits per heavy atom. The first-order valence-electron chi connectivity index (χ1n) is 3.73. The van der Waals surface area contributed by atoms with Crippen molar-refractivity contribution in [3.63, 3.8) is 0 Å². The topological polar surface area (TPSA) is 71.4 Å². The van der Waals surface area contributed by atoms with Gasteiger partial charge in [0.15, 0.2) is 6.29 Å². The monoisotopic (exact) mass is 235 g/mol. The number of allylic oxidation sites excluding steroid dienone is 1. The van der Waals surface area contributed by atoms with E-state index < -0.39 is 15.0 Å². The third-order valence-corrected chi connectivity index (χ3v) is 2.33. The van der Waals surface area contributed by atoms with Crippen molar-refractivity contribution >= 4 is 52.0 Å². The molecule has 0 spiro atoms. The zero-order chi connectivity index (χ0) is 10.6. The Morgan fingerprint density at radius 1 is 1.20 bits per heavy atom. The molecule has 1 aromatic rings. The maximum atomic E-state index is 10.6. The van der Waals surface area contributed by atoms with Crippen LogP contribution in [0.2, 0.25) is 0 Å². The molecule has 6 heteroatoms. The van der Waals surface area contributed by atoms with Crippen molar-refractivity contribution in [2.24, 2.45) is 0 Å². The first kappa shape index (κ1) is 14.5. The standard InChI is InChI=1S/C9H8O4S.Na/c10-7-9(14(11,12)13)6-8-4-2-1-3-5-8;/h1-7H,(H,11,12,13);. The van der Waals surface area contributed by atoms with Gasteiger partial charge in [-0.05, 0) is 11.6 Å². The van der Waals surface area contributed by atoms with Gasteiger partial charge in [0.25, 0.3) is 10.1 Å². The van der Waals surface area contributed by atoms with Crippen LogP contribution in [0.15, 0.2) is 35.2 Å². The third kappa shape index (κ3) is 4.72. The molecule has 0 saturated carbocycles. The van der Waals surface area contributed by atoms with Crippen LogP contribution in [0.3, 0.4) is 0 Å². The Kier molecular flexibility index (Phi) is 6.00. The maximum absolute atomic E-state index is 10.6. The molecule has 1 radical (unpaired) electrons. The van der Waals surface area contributed by atoms with E-state index in [4.69, 9.17) is 4.55 Å². The van der Waals surface area contributed by atoms with Gasteiger partial charge in [-0.3, -0.25) is 9.35 Å². The molecule has 0 fully saturated rings. The number of carbonyl (C=O) groups is 1. The van der Waals surface area contributed by atoms with Crippen molar-refractivity contribution in [2.45, 2.75) is 0 Å². The smallest absolute Gasteiger partial charge is 0.297 e. The molecule has 75 valence electrons. The number of benzene rings is 1. The number of carbonyl (C=O) groups excluding carboxylic acids is 1. The zero-order valence-corrected chi connectivity index (χ0v) is 10.9. The van der Waals surface area contributed by atoms with Gasteiger partial charge in [-0.25, -0.2) is 0 Å².